The molecule has 1 amide bonds. The molecule has 4 rings (SSSR count). The first-order chi connectivity index (χ1) is 13.8. The van der Waals surface area contributed by atoms with E-state index in [0.717, 1.165) is 5.56 Å². The van der Waals surface area contributed by atoms with E-state index in [2.05, 4.69) is 25.7 Å². The van der Waals surface area contributed by atoms with Crippen LogP contribution in [-0.2, 0) is 28.1 Å². The summed E-state index contributed by atoms with van der Waals surface area (Å²) >= 11 is 0. The van der Waals surface area contributed by atoms with Crippen LogP contribution in [0.5, 0.6) is 0 Å². The Balaban J connectivity index is 1.76. The third-order valence-corrected chi connectivity index (χ3v) is 6.32. The fourth-order valence-electron chi connectivity index (χ4n) is 3.26. The number of fused-ring (bicyclic) bond motifs is 1. The summed E-state index contributed by atoms with van der Waals surface area (Å²) in [6, 6.07) is 7.05. The molecule has 0 atom stereocenters. The van der Waals surface area contributed by atoms with E-state index >= 15 is 0 Å². The van der Waals surface area contributed by atoms with Gasteiger partial charge in [-0.1, -0.05) is 6.07 Å². The Morgan fingerprint density at radius 3 is 2.76 bits per heavy atom. The molecule has 150 valence electrons. The molecular weight excluding hydrogens is 392 g/mol. The van der Waals surface area contributed by atoms with Crippen molar-refractivity contribution in [1.82, 2.24) is 19.7 Å². The molecule has 0 unspecified atom stereocenters. The standard InChI is InChI=1S/C19H20N6O3S/c1-12(26)21-18-10-16(14(11-20-18)15-7-8-25(2)24-15)22-17-6-5-13-4-3-9-29(27,28)19(13)23-17/h5-8,10-11H,3-4,9H2,1-2H3,(H2,20,21,22,23,26). The van der Waals surface area contributed by atoms with Gasteiger partial charge in [0.1, 0.15) is 11.6 Å². The van der Waals surface area contributed by atoms with E-state index in [1.54, 1.807) is 29.1 Å². The van der Waals surface area contributed by atoms with Crippen molar-refractivity contribution in [2.45, 2.75) is 24.8 Å². The molecule has 0 saturated carbocycles. The molecule has 1 aliphatic heterocycles. The highest BCUT2D eigenvalue weighted by Gasteiger charge is 2.25. The number of carbonyl (C=O) groups is 1. The smallest absolute Gasteiger partial charge is 0.222 e. The Morgan fingerprint density at radius 2 is 2.03 bits per heavy atom. The van der Waals surface area contributed by atoms with Crippen LogP contribution in [-0.4, -0.2) is 39.8 Å². The van der Waals surface area contributed by atoms with Gasteiger partial charge in [-0.05, 0) is 30.5 Å². The zero-order valence-electron chi connectivity index (χ0n) is 16.0. The minimum Gasteiger partial charge on any atom is -0.339 e. The van der Waals surface area contributed by atoms with Crippen molar-refractivity contribution >= 4 is 33.1 Å². The molecule has 9 nitrogen and oxygen atoms in total. The number of carbonyl (C=O) groups excluding carboxylic acids is 1. The molecule has 0 saturated heterocycles. The molecule has 3 aromatic heterocycles. The predicted octanol–water partition coefficient (Wildman–Crippen LogP) is 2.30. The lowest BCUT2D eigenvalue weighted by atomic mass is 10.1. The predicted molar refractivity (Wildman–Crippen MR) is 109 cm³/mol. The van der Waals surface area contributed by atoms with Crippen molar-refractivity contribution in [3.05, 3.63) is 42.2 Å². The molecule has 4 heterocycles. The Morgan fingerprint density at radius 1 is 1.21 bits per heavy atom. The van der Waals surface area contributed by atoms with Gasteiger partial charge in [0.2, 0.25) is 5.91 Å². The number of pyridine rings is 2. The first-order valence-electron chi connectivity index (χ1n) is 9.09. The summed E-state index contributed by atoms with van der Waals surface area (Å²) in [6.45, 7) is 1.40. The Labute approximate surface area is 168 Å². The molecule has 3 aromatic rings. The van der Waals surface area contributed by atoms with Crippen molar-refractivity contribution in [3.63, 3.8) is 0 Å². The van der Waals surface area contributed by atoms with E-state index in [1.807, 2.05) is 19.3 Å². The van der Waals surface area contributed by atoms with Gasteiger partial charge in [-0.25, -0.2) is 18.4 Å². The quantitative estimate of drug-likeness (QED) is 0.675. The van der Waals surface area contributed by atoms with E-state index in [4.69, 9.17) is 0 Å². The topological polar surface area (TPSA) is 119 Å². The Hall–Kier alpha value is -3.27. The van der Waals surface area contributed by atoms with Crippen LogP contribution in [0.3, 0.4) is 0 Å². The number of anilines is 3. The highest BCUT2D eigenvalue weighted by Crippen LogP contribution is 2.31. The highest BCUT2D eigenvalue weighted by molar-refractivity contribution is 7.91. The van der Waals surface area contributed by atoms with Gasteiger partial charge in [-0.15, -0.1) is 0 Å². The van der Waals surface area contributed by atoms with Crippen molar-refractivity contribution in [2.24, 2.45) is 7.05 Å². The van der Waals surface area contributed by atoms with Crippen LogP contribution < -0.4 is 10.6 Å². The van der Waals surface area contributed by atoms with Crippen molar-refractivity contribution in [1.29, 1.82) is 0 Å². The van der Waals surface area contributed by atoms with Gasteiger partial charge >= 0.3 is 0 Å². The summed E-state index contributed by atoms with van der Waals surface area (Å²) in [4.78, 5) is 20.0. The van der Waals surface area contributed by atoms with Crippen LogP contribution in [0, 0.1) is 0 Å². The van der Waals surface area contributed by atoms with E-state index in [-0.39, 0.29) is 16.7 Å². The minimum atomic E-state index is -3.38. The zero-order valence-corrected chi connectivity index (χ0v) is 16.8. The lowest BCUT2D eigenvalue weighted by Gasteiger charge is -2.17. The summed E-state index contributed by atoms with van der Waals surface area (Å²) in [5.74, 6) is 0.626. The summed E-state index contributed by atoms with van der Waals surface area (Å²) in [5, 5.41) is 10.3. The minimum absolute atomic E-state index is 0.109. The Bertz CT molecular complexity index is 1200. The number of amides is 1. The average Bonchev–Trinajstić information content (AvgIpc) is 3.08. The Kier molecular flexibility index (Phi) is 4.79. The molecule has 1 aliphatic rings. The second-order valence-electron chi connectivity index (χ2n) is 6.88. The number of aromatic nitrogens is 4. The normalized spacial score (nSPS) is 14.8. The van der Waals surface area contributed by atoms with Gasteiger partial charge in [0, 0.05) is 38.0 Å². The molecule has 0 bridgehead atoms. The lowest BCUT2D eigenvalue weighted by Crippen LogP contribution is -2.18. The monoisotopic (exact) mass is 412 g/mol. The van der Waals surface area contributed by atoms with Gasteiger partial charge < -0.3 is 10.6 Å². The van der Waals surface area contributed by atoms with E-state index < -0.39 is 9.84 Å². The summed E-state index contributed by atoms with van der Waals surface area (Å²) in [7, 11) is -1.56. The average molecular weight is 412 g/mol. The fourth-order valence-corrected chi connectivity index (χ4v) is 4.78. The molecule has 2 N–H and O–H groups in total. The van der Waals surface area contributed by atoms with E-state index in [1.165, 1.54) is 6.92 Å². The number of nitrogens with one attached hydrogen (secondary N) is 2. The fraction of sp³-hybridized carbons (Fsp3) is 0.263. The van der Waals surface area contributed by atoms with Crippen LogP contribution in [0.4, 0.5) is 17.3 Å². The molecule has 0 spiro atoms. The third-order valence-electron chi connectivity index (χ3n) is 4.55. The van der Waals surface area contributed by atoms with Gasteiger partial charge in [-0.2, -0.15) is 5.10 Å². The van der Waals surface area contributed by atoms with Crippen LogP contribution >= 0.6 is 0 Å². The van der Waals surface area contributed by atoms with Gasteiger partial charge in [0.05, 0.1) is 17.1 Å². The first-order valence-corrected chi connectivity index (χ1v) is 10.7. The molecule has 0 aromatic carbocycles. The molecule has 0 fully saturated rings. The summed E-state index contributed by atoms with van der Waals surface area (Å²) in [6.07, 6.45) is 4.72. The second kappa shape index (κ2) is 7.28. The number of aryl methyl sites for hydroxylation is 2. The van der Waals surface area contributed by atoms with Gasteiger partial charge in [-0.3, -0.25) is 9.48 Å². The van der Waals surface area contributed by atoms with Crippen molar-refractivity contribution in [3.8, 4) is 11.3 Å². The van der Waals surface area contributed by atoms with Crippen molar-refractivity contribution in [2.75, 3.05) is 16.4 Å². The number of hydrogen-bond donors (Lipinski definition) is 2. The maximum Gasteiger partial charge on any atom is 0.222 e. The maximum absolute atomic E-state index is 12.4. The third kappa shape index (κ3) is 3.97. The zero-order chi connectivity index (χ0) is 20.6. The molecule has 10 heteroatoms. The van der Waals surface area contributed by atoms with Crippen molar-refractivity contribution < 1.29 is 13.2 Å². The summed E-state index contributed by atoms with van der Waals surface area (Å²) in [5.41, 5.74) is 2.72. The number of rotatable bonds is 4. The van der Waals surface area contributed by atoms with E-state index in [0.29, 0.717) is 41.4 Å². The van der Waals surface area contributed by atoms with Crippen LogP contribution in [0.15, 0.2) is 41.7 Å². The van der Waals surface area contributed by atoms with E-state index in [9.17, 15) is 13.2 Å². The molecular formula is C19H20N6O3S. The second-order valence-corrected chi connectivity index (χ2v) is 8.90. The number of hydrogen-bond acceptors (Lipinski definition) is 7. The maximum atomic E-state index is 12.4. The highest BCUT2D eigenvalue weighted by atomic mass is 32.2. The van der Waals surface area contributed by atoms with Crippen LogP contribution in [0.1, 0.15) is 18.9 Å². The van der Waals surface area contributed by atoms with Crippen LogP contribution in [0.2, 0.25) is 0 Å². The largest absolute Gasteiger partial charge is 0.339 e. The van der Waals surface area contributed by atoms with Gasteiger partial charge in [0.15, 0.2) is 14.9 Å². The summed E-state index contributed by atoms with van der Waals surface area (Å²) < 4.78 is 26.4. The van der Waals surface area contributed by atoms with Crippen LogP contribution in [0.25, 0.3) is 11.3 Å². The molecule has 29 heavy (non-hydrogen) atoms. The lowest BCUT2D eigenvalue weighted by molar-refractivity contribution is -0.114. The molecule has 0 aliphatic carbocycles. The molecule has 0 radical (unpaired) electrons. The number of sulfone groups is 1. The van der Waals surface area contributed by atoms with Gasteiger partial charge in [0.25, 0.3) is 0 Å². The SMILES string of the molecule is CC(=O)Nc1cc(Nc2ccc3c(n2)S(=O)(=O)CCC3)c(-c2ccn(C)n2)cn1. The number of nitrogens with zero attached hydrogens (tertiary/aromatic N) is 4. The first kappa shape index (κ1) is 19.1.